The van der Waals surface area contributed by atoms with Crippen molar-refractivity contribution in [3.63, 3.8) is 0 Å². The molecule has 0 bridgehead atoms. The Morgan fingerprint density at radius 1 is 0.632 bits per heavy atom. The van der Waals surface area contributed by atoms with Crippen molar-refractivity contribution in [3.05, 3.63) is 60.8 Å². The number of carbonyl (C=O) groups excluding carboxylic acids is 2. The van der Waals surface area contributed by atoms with Gasteiger partial charge in [-0.3, -0.25) is 18.6 Å². The fourth-order valence-electron chi connectivity index (χ4n) is 5.78. The Hall–Kier alpha value is -2.33. The molecule has 3 unspecified atom stereocenters. The molecule has 10 nitrogen and oxygen atoms in total. The number of quaternary nitrogens is 1. The number of ether oxygens (including phenoxy) is 3. The van der Waals surface area contributed by atoms with Crippen LogP contribution in [0.2, 0.25) is 0 Å². The number of rotatable bonds is 38. The van der Waals surface area contributed by atoms with Gasteiger partial charge in [0, 0.05) is 12.8 Å². The zero-order valence-corrected chi connectivity index (χ0v) is 37.4. The number of hydrogen-bond donors (Lipinski definition) is 1. The second-order valence-corrected chi connectivity index (χ2v) is 17.6. The number of unbranched alkanes of at least 4 members (excludes halogenated alkanes) is 12. The van der Waals surface area contributed by atoms with Crippen molar-refractivity contribution in [2.24, 2.45) is 0 Å². The van der Waals surface area contributed by atoms with Gasteiger partial charge in [-0.15, -0.1) is 0 Å². The Morgan fingerprint density at radius 3 is 1.72 bits per heavy atom. The lowest BCUT2D eigenvalue weighted by Crippen LogP contribution is -2.37. The summed E-state index contributed by atoms with van der Waals surface area (Å²) in [6, 6.07) is 0. The summed E-state index contributed by atoms with van der Waals surface area (Å²) in [4.78, 5) is 35.4. The van der Waals surface area contributed by atoms with Gasteiger partial charge in [0.25, 0.3) is 0 Å². The van der Waals surface area contributed by atoms with E-state index in [1.54, 1.807) is 0 Å². The largest absolute Gasteiger partial charge is 0.472 e. The van der Waals surface area contributed by atoms with Gasteiger partial charge in [0.15, 0.2) is 6.10 Å². The smallest absolute Gasteiger partial charge is 0.462 e. The average molecular weight is 823 g/mol. The van der Waals surface area contributed by atoms with Crippen LogP contribution in [0.1, 0.15) is 155 Å². The van der Waals surface area contributed by atoms with E-state index < -0.39 is 32.5 Å². The number of nitrogens with zero attached hydrogens (tertiary/aromatic N) is 1. The summed E-state index contributed by atoms with van der Waals surface area (Å²) in [5, 5.41) is 0. The fraction of sp³-hybridized carbons (Fsp3) is 0.739. The van der Waals surface area contributed by atoms with Gasteiger partial charge in [0.05, 0.1) is 40.0 Å². The van der Waals surface area contributed by atoms with Gasteiger partial charge in [0.1, 0.15) is 19.8 Å². The van der Waals surface area contributed by atoms with E-state index in [4.69, 9.17) is 23.3 Å². The molecule has 328 valence electrons. The van der Waals surface area contributed by atoms with Crippen LogP contribution in [0.3, 0.4) is 0 Å². The van der Waals surface area contributed by atoms with Crippen molar-refractivity contribution >= 4 is 19.8 Å². The van der Waals surface area contributed by atoms with Crippen molar-refractivity contribution in [2.75, 3.05) is 47.5 Å². The van der Waals surface area contributed by atoms with Gasteiger partial charge in [-0.1, -0.05) is 120 Å². The van der Waals surface area contributed by atoms with Gasteiger partial charge in [0.2, 0.25) is 0 Å². The molecule has 0 radical (unpaired) electrons. The number of hydrogen-bond acceptors (Lipinski definition) is 8. The molecule has 1 aliphatic rings. The molecule has 11 heteroatoms. The molecule has 0 aromatic heterocycles. The highest BCUT2D eigenvalue weighted by molar-refractivity contribution is 7.47. The van der Waals surface area contributed by atoms with Crippen LogP contribution >= 0.6 is 7.82 Å². The number of esters is 2. The molecule has 0 aromatic rings. The van der Waals surface area contributed by atoms with Crippen molar-refractivity contribution in [2.45, 2.75) is 173 Å². The van der Waals surface area contributed by atoms with Gasteiger partial charge in [-0.05, 0) is 83.5 Å². The summed E-state index contributed by atoms with van der Waals surface area (Å²) in [7, 11) is 1.42. The Bertz CT molecular complexity index is 1220. The Balaban J connectivity index is 2.34. The van der Waals surface area contributed by atoms with Crippen LogP contribution in [0.5, 0.6) is 0 Å². The molecule has 0 aromatic carbocycles. The molecular weight excluding hydrogens is 741 g/mol. The SMILES string of the molecule is CCCCC/C=C\C/C=C\CCCCCCCC(=O)OC[C@H](COP(=O)(O)OCC[N+](C)(C)C)OC(=O)CCC/C=C\C/C=C\CC1OC1C/C=C\CCCCC. The maximum absolute atomic E-state index is 12.7. The monoisotopic (exact) mass is 823 g/mol. The van der Waals surface area contributed by atoms with Crippen LogP contribution in [-0.4, -0.2) is 87.1 Å². The minimum Gasteiger partial charge on any atom is -0.462 e. The molecule has 0 saturated carbocycles. The summed E-state index contributed by atoms with van der Waals surface area (Å²) in [5.74, 6) is -0.891. The van der Waals surface area contributed by atoms with Crippen LogP contribution < -0.4 is 0 Å². The third-order valence-electron chi connectivity index (χ3n) is 9.42. The zero-order valence-electron chi connectivity index (χ0n) is 36.5. The predicted octanol–water partition coefficient (Wildman–Crippen LogP) is 11.5. The van der Waals surface area contributed by atoms with E-state index in [1.165, 1.54) is 44.9 Å². The van der Waals surface area contributed by atoms with Crippen molar-refractivity contribution in [1.82, 2.24) is 0 Å². The van der Waals surface area contributed by atoms with E-state index in [2.05, 4.69) is 68.5 Å². The van der Waals surface area contributed by atoms with Crippen molar-refractivity contribution in [1.29, 1.82) is 0 Å². The number of epoxide rings is 1. The van der Waals surface area contributed by atoms with Gasteiger partial charge in [-0.2, -0.15) is 0 Å². The van der Waals surface area contributed by atoms with Gasteiger partial charge < -0.3 is 23.6 Å². The molecule has 0 spiro atoms. The second-order valence-electron chi connectivity index (χ2n) is 16.1. The van der Waals surface area contributed by atoms with Crippen molar-refractivity contribution in [3.8, 4) is 0 Å². The highest BCUT2D eigenvalue weighted by Crippen LogP contribution is 2.43. The number of phosphoric acid groups is 1. The van der Waals surface area contributed by atoms with Crippen LogP contribution in [0, 0.1) is 0 Å². The first-order valence-corrected chi connectivity index (χ1v) is 23.6. The van der Waals surface area contributed by atoms with E-state index in [1.807, 2.05) is 27.2 Å². The lowest BCUT2D eigenvalue weighted by molar-refractivity contribution is -0.870. The van der Waals surface area contributed by atoms with Crippen LogP contribution in [0.4, 0.5) is 0 Å². The molecule has 0 amide bonds. The second kappa shape index (κ2) is 34.5. The molecular formula is C46H81NO9P+. The zero-order chi connectivity index (χ0) is 41.9. The van der Waals surface area contributed by atoms with E-state index >= 15 is 0 Å². The molecule has 1 saturated heterocycles. The molecule has 4 atom stereocenters. The minimum absolute atomic E-state index is 0.0140. The molecule has 1 heterocycles. The molecule has 1 fully saturated rings. The summed E-state index contributed by atoms with van der Waals surface area (Å²) in [5.41, 5.74) is 0. The quantitative estimate of drug-likeness (QED) is 0.0162. The van der Waals surface area contributed by atoms with E-state index in [-0.39, 0.29) is 26.1 Å². The molecule has 0 aliphatic carbocycles. The van der Waals surface area contributed by atoms with Gasteiger partial charge in [-0.25, -0.2) is 4.57 Å². The van der Waals surface area contributed by atoms with Crippen LogP contribution in [-0.2, 0) is 37.4 Å². The molecule has 1 rings (SSSR count). The van der Waals surface area contributed by atoms with E-state index in [9.17, 15) is 19.0 Å². The number of carbonyl (C=O) groups is 2. The lowest BCUT2D eigenvalue weighted by Gasteiger charge is -2.24. The summed E-state index contributed by atoms with van der Waals surface area (Å²) in [6.45, 7) is 4.26. The third kappa shape index (κ3) is 35.3. The number of allylic oxidation sites excluding steroid dienone is 8. The summed E-state index contributed by atoms with van der Waals surface area (Å²) >= 11 is 0. The molecule has 1 N–H and O–H groups in total. The Labute approximate surface area is 347 Å². The van der Waals surface area contributed by atoms with Gasteiger partial charge >= 0.3 is 19.8 Å². The highest BCUT2D eigenvalue weighted by Gasteiger charge is 2.36. The first kappa shape index (κ1) is 52.7. The Morgan fingerprint density at radius 2 is 1.12 bits per heavy atom. The number of likely N-dealkylation sites (N-methyl/N-ethyl adjacent to an activating group) is 1. The maximum atomic E-state index is 12.7. The third-order valence-corrected chi connectivity index (χ3v) is 10.4. The first-order chi connectivity index (χ1) is 27.5. The highest BCUT2D eigenvalue weighted by atomic mass is 31.2. The lowest BCUT2D eigenvalue weighted by atomic mass is 10.1. The molecule has 57 heavy (non-hydrogen) atoms. The normalized spacial score (nSPS) is 17.7. The van der Waals surface area contributed by atoms with Crippen molar-refractivity contribution < 1.29 is 46.8 Å². The summed E-state index contributed by atoms with van der Waals surface area (Å²) in [6.07, 6.45) is 43.0. The van der Waals surface area contributed by atoms with Crippen LogP contribution in [0.25, 0.3) is 0 Å². The van der Waals surface area contributed by atoms with Crippen LogP contribution in [0.15, 0.2) is 60.8 Å². The minimum atomic E-state index is -4.40. The Kier molecular flexibility index (Phi) is 31.9. The fourth-order valence-corrected chi connectivity index (χ4v) is 6.52. The first-order valence-electron chi connectivity index (χ1n) is 22.1. The molecule has 1 aliphatic heterocycles. The topological polar surface area (TPSA) is 121 Å². The average Bonchev–Trinajstić information content (AvgIpc) is 3.92. The van der Waals surface area contributed by atoms with E-state index in [0.717, 1.165) is 64.2 Å². The number of phosphoric ester groups is 1. The standard InChI is InChI=1S/C46H80NO9P/c1-6-8-10-12-14-15-16-17-18-19-20-21-24-28-32-36-45(48)52-40-42(41-54-57(50,51)53-39-38-47(3,4)5)55-46(49)37-33-29-25-22-23-27-31-35-44-43(56-44)34-30-26-13-11-9-7-2/h14-15,17-18,22,25-27,30-31,42-44H,6-13,16,19-21,23-24,28-29,32-41H2,1-5H3/p+1/b15-14-,18-17-,25-22-,30-26-,31-27-/t42-,43?,44?/m1/s1. The van der Waals surface area contributed by atoms with E-state index in [0.29, 0.717) is 42.5 Å². The maximum Gasteiger partial charge on any atom is 0.472 e. The summed E-state index contributed by atoms with van der Waals surface area (Å²) < 4.78 is 40.0. The predicted molar refractivity (Wildman–Crippen MR) is 233 cm³/mol.